The average molecular weight is 608 g/mol. The predicted molar refractivity (Wildman–Crippen MR) is 159 cm³/mol. The fourth-order valence-corrected chi connectivity index (χ4v) is 5.50. The van der Waals surface area contributed by atoms with E-state index < -0.39 is 6.36 Å². The minimum Gasteiger partial charge on any atom is -0.406 e. The Bertz CT molecular complexity index is 1640. The highest BCUT2D eigenvalue weighted by atomic mass is 32.2. The van der Waals surface area contributed by atoms with Crippen molar-refractivity contribution in [2.75, 3.05) is 10.7 Å². The number of carbonyl (C=O) groups excluding carboxylic acids is 2. The Balaban J connectivity index is 1.11. The van der Waals surface area contributed by atoms with Crippen LogP contribution >= 0.6 is 11.8 Å². The SMILES string of the molecule is Cc1ccccc1N1C(=O)CSC1=NC(=O)CCCCCc1cccc(-c2ncn(-c3ccc(OC(F)(F)F)cc3)n2)c1. The zero-order valence-corrected chi connectivity index (χ0v) is 24.1. The first-order chi connectivity index (χ1) is 20.7. The van der Waals surface area contributed by atoms with Gasteiger partial charge in [0.15, 0.2) is 11.0 Å². The number of thioether (sulfide) groups is 1. The van der Waals surface area contributed by atoms with Crippen molar-refractivity contribution in [2.24, 2.45) is 4.99 Å². The molecule has 0 radical (unpaired) electrons. The number of ether oxygens (including phenoxy) is 1. The van der Waals surface area contributed by atoms with Crippen molar-refractivity contribution in [2.45, 2.75) is 45.4 Å². The topological polar surface area (TPSA) is 89.7 Å². The van der Waals surface area contributed by atoms with E-state index in [9.17, 15) is 22.8 Å². The number of para-hydroxylation sites is 1. The Hall–Kier alpha value is -4.45. The van der Waals surface area contributed by atoms with Crippen molar-refractivity contribution in [3.63, 3.8) is 0 Å². The van der Waals surface area contributed by atoms with Crippen LogP contribution in [0.2, 0.25) is 0 Å². The maximum atomic E-state index is 12.6. The summed E-state index contributed by atoms with van der Waals surface area (Å²) in [7, 11) is 0. The van der Waals surface area contributed by atoms with Crippen LogP contribution < -0.4 is 9.64 Å². The summed E-state index contributed by atoms with van der Waals surface area (Å²) in [6.45, 7) is 1.92. The lowest BCUT2D eigenvalue weighted by molar-refractivity contribution is -0.274. The lowest BCUT2D eigenvalue weighted by Gasteiger charge is -2.18. The number of anilines is 1. The molecule has 3 aromatic carbocycles. The molecular weight excluding hydrogens is 579 g/mol. The number of nitrogens with zero attached hydrogens (tertiary/aromatic N) is 5. The van der Waals surface area contributed by atoms with E-state index in [1.807, 2.05) is 55.5 Å². The first-order valence-electron chi connectivity index (χ1n) is 13.7. The van der Waals surface area contributed by atoms with Gasteiger partial charge in [-0.1, -0.05) is 54.6 Å². The van der Waals surface area contributed by atoms with Crippen LogP contribution in [0.4, 0.5) is 18.9 Å². The standard InChI is InChI=1S/C31H28F3N5O3S/c1-21-8-5-6-12-26(21)39-28(41)19-43-30(39)36-27(40)13-4-2-3-9-22-10-7-11-23(18-22)29-35-20-38(37-29)24-14-16-25(17-15-24)42-31(32,33)34/h5-8,10-12,14-18,20H,2-4,9,13,19H2,1H3. The van der Waals surface area contributed by atoms with E-state index in [0.717, 1.165) is 41.6 Å². The summed E-state index contributed by atoms with van der Waals surface area (Å²) in [5.41, 5.74) is 4.16. The Labute approximate surface area is 250 Å². The normalized spacial score (nSPS) is 14.5. The summed E-state index contributed by atoms with van der Waals surface area (Å²) in [6, 6.07) is 20.8. The third kappa shape index (κ3) is 7.89. The van der Waals surface area contributed by atoms with Gasteiger partial charge in [-0.05, 0) is 73.7 Å². The maximum Gasteiger partial charge on any atom is 0.573 e. The molecule has 2 heterocycles. The molecule has 8 nitrogen and oxygen atoms in total. The lowest BCUT2D eigenvalue weighted by atomic mass is 10.0. The predicted octanol–water partition coefficient (Wildman–Crippen LogP) is 6.91. The van der Waals surface area contributed by atoms with Gasteiger partial charge in [-0.25, -0.2) is 9.67 Å². The van der Waals surface area contributed by atoms with E-state index in [-0.39, 0.29) is 23.3 Å². The van der Waals surface area contributed by atoms with Gasteiger partial charge < -0.3 is 4.74 Å². The molecule has 0 N–H and O–H groups in total. The number of amides is 2. The zero-order chi connectivity index (χ0) is 30.4. The van der Waals surface area contributed by atoms with Gasteiger partial charge in [-0.2, -0.15) is 4.99 Å². The number of halogens is 3. The molecular formula is C31H28F3N5O3S. The van der Waals surface area contributed by atoms with Crippen molar-refractivity contribution < 1.29 is 27.5 Å². The van der Waals surface area contributed by atoms with Crippen molar-refractivity contribution in [3.05, 3.63) is 90.3 Å². The van der Waals surface area contributed by atoms with Gasteiger partial charge in [0.1, 0.15) is 12.1 Å². The van der Waals surface area contributed by atoms with Crippen molar-refractivity contribution >= 4 is 34.4 Å². The summed E-state index contributed by atoms with van der Waals surface area (Å²) >= 11 is 1.28. The van der Waals surface area contributed by atoms with Crippen LogP contribution in [0.1, 0.15) is 36.8 Å². The number of carbonyl (C=O) groups is 2. The van der Waals surface area contributed by atoms with Crippen LogP contribution in [0.15, 0.2) is 84.1 Å². The largest absolute Gasteiger partial charge is 0.573 e. The van der Waals surface area contributed by atoms with Gasteiger partial charge in [-0.3, -0.25) is 14.5 Å². The Morgan fingerprint density at radius 2 is 1.81 bits per heavy atom. The van der Waals surface area contributed by atoms with E-state index in [1.54, 1.807) is 0 Å². The van der Waals surface area contributed by atoms with E-state index in [4.69, 9.17) is 0 Å². The number of aliphatic imine (C=N–C) groups is 1. The molecule has 0 unspecified atom stereocenters. The van der Waals surface area contributed by atoms with Crippen molar-refractivity contribution in [3.8, 4) is 22.8 Å². The third-order valence-corrected chi connectivity index (χ3v) is 7.63. The Morgan fingerprint density at radius 1 is 1.02 bits per heavy atom. The number of amidine groups is 1. The van der Waals surface area contributed by atoms with Gasteiger partial charge in [0.25, 0.3) is 0 Å². The van der Waals surface area contributed by atoms with Gasteiger partial charge in [0.05, 0.1) is 17.1 Å². The van der Waals surface area contributed by atoms with Crippen molar-refractivity contribution in [1.29, 1.82) is 0 Å². The van der Waals surface area contributed by atoms with Gasteiger partial charge in [0, 0.05) is 12.0 Å². The first kappa shape index (κ1) is 30.0. The molecule has 1 saturated heterocycles. The highest BCUT2D eigenvalue weighted by Gasteiger charge is 2.32. The average Bonchev–Trinajstić information content (AvgIpc) is 3.60. The molecule has 1 aliphatic heterocycles. The van der Waals surface area contributed by atoms with E-state index >= 15 is 0 Å². The molecule has 5 rings (SSSR count). The summed E-state index contributed by atoms with van der Waals surface area (Å²) in [5.74, 6) is 0.134. The molecule has 12 heteroatoms. The molecule has 0 bridgehead atoms. The monoisotopic (exact) mass is 607 g/mol. The molecule has 1 aromatic heterocycles. The first-order valence-corrected chi connectivity index (χ1v) is 14.6. The molecule has 0 saturated carbocycles. The third-order valence-electron chi connectivity index (χ3n) is 6.71. The van der Waals surface area contributed by atoms with Crippen molar-refractivity contribution in [1.82, 2.24) is 14.8 Å². The molecule has 2 amide bonds. The molecule has 1 fully saturated rings. The number of hydrogen-bond donors (Lipinski definition) is 0. The minimum absolute atomic E-state index is 0.0799. The van der Waals surface area contributed by atoms with E-state index in [1.165, 1.54) is 51.9 Å². The number of benzene rings is 3. The summed E-state index contributed by atoms with van der Waals surface area (Å²) in [5, 5.41) is 4.90. The smallest absolute Gasteiger partial charge is 0.406 e. The number of rotatable bonds is 10. The number of hydrogen-bond acceptors (Lipinski definition) is 6. The minimum atomic E-state index is -4.75. The fourth-order valence-electron chi connectivity index (χ4n) is 4.63. The number of aryl methyl sites for hydroxylation is 2. The van der Waals surface area contributed by atoms with Gasteiger partial charge in [-0.15, -0.1) is 18.3 Å². The zero-order valence-electron chi connectivity index (χ0n) is 23.3. The Morgan fingerprint density at radius 3 is 2.58 bits per heavy atom. The quantitative estimate of drug-likeness (QED) is 0.182. The van der Waals surface area contributed by atoms with E-state index in [2.05, 4.69) is 19.8 Å². The van der Waals surface area contributed by atoms with Crippen LogP contribution in [0.3, 0.4) is 0 Å². The van der Waals surface area contributed by atoms with Gasteiger partial charge in [0.2, 0.25) is 11.8 Å². The van der Waals surface area contributed by atoms with Gasteiger partial charge >= 0.3 is 6.36 Å². The highest BCUT2D eigenvalue weighted by Crippen LogP contribution is 2.29. The molecule has 222 valence electrons. The molecule has 4 aromatic rings. The summed E-state index contributed by atoms with van der Waals surface area (Å²) in [4.78, 5) is 35.2. The second kappa shape index (κ2) is 13.2. The molecule has 43 heavy (non-hydrogen) atoms. The molecule has 1 aliphatic rings. The molecule has 0 spiro atoms. The second-order valence-electron chi connectivity index (χ2n) is 9.91. The number of alkyl halides is 3. The lowest BCUT2D eigenvalue weighted by Crippen LogP contribution is -2.30. The second-order valence-corrected chi connectivity index (χ2v) is 10.9. The van der Waals surface area contributed by atoms with Crippen LogP contribution in [-0.4, -0.2) is 43.9 Å². The van der Waals surface area contributed by atoms with Crippen LogP contribution in [0, 0.1) is 6.92 Å². The molecule has 0 aliphatic carbocycles. The Kier molecular flexibility index (Phi) is 9.24. The maximum absolute atomic E-state index is 12.6. The molecule has 0 atom stereocenters. The van der Waals surface area contributed by atoms with E-state index in [0.29, 0.717) is 29.5 Å². The van der Waals surface area contributed by atoms with Crippen LogP contribution in [-0.2, 0) is 16.0 Å². The summed E-state index contributed by atoms with van der Waals surface area (Å²) < 4.78 is 42.6. The van der Waals surface area contributed by atoms with Crippen LogP contribution in [0.5, 0.6) is 5.75 Å². The fraction of sp³-hybridized carbons (Fsp3) is 0.258. The number of unbranched alkanes of at least 4 members (excludes halogenated alkanes) is 2. The number of aromatic nitrogens is 3. The summed E-state index contributed by atoms with van der Waals surface area (Å²) in [6.07, 6.45) is 0.285. The van der Waals surface area contributed by atoms with Crippen LogP contribution in [0.25, 0.3) is 17.1 Å². The highest BCUT2D eigenvalue weighted by molar-refractivity contribution is 8.15.